The highest BCUT2D eigenvalue weighted by molar-refractivity contribution is 5.80. The summed E-state index contributed by atoms with van der Waals surface area (Å²) in [6, 6.07) is 0. The fourth-order valence-electron chi connectivity index (χ4n) is 6.12. The first kappa shape index (κ1) is 50.9. The van der Waals surface area contributed by atoms with Gasteiger partial charge in [0.1, 0.15) is 12.6 Å². The Balaban J connectivity index is 4.30. The van der Waals surface area contributed by atoms with E-state index < -0.39 is 5.97 Å². The van der Waals surface area contributed by atoms with E-state index >= 15 is 0 Å². The second kappa shape index (κ2) is 42.6. The lowest BCUT2D eigenvalue weighted by molar-refractivity contribution is -0.150. The van der Waals surface area contributed by atoms with Crippen molar-refractivity contribution in [2.24, 2.45) is 0 Å². The summed E-state index contributed by atoms with van der Waals surface area (Å²) in [7, 11) is 0. The molecule has 0 fully saturated rings. The van der Waals surface area contributed by atoms with Crippen LogP contribution in [0.15, 0.2) is 72.9 Å². The molecule has 0 heterocycles. The summed E-state index contributed by atoms with van der Waals surface area (Å²) in [5.74, 6) is -1.28. The average molecular weight is 752 g/mol. The zero-order valence-corrected chi connectivity index (χ0v) is 34.8. The number of nitrogens with one attached hydrogen (secondary N) is 1. The minimum atomic E-state index is -1.02. The molecule has 308 valence electrons. The lowest BCUT2D eigenvalue weighted by atomic mass is 10.0. The van der Waals surface area contributed by atoms with Gasteiger partial charge in [0.05, 0.1) is 0 Å². The van der Waals surface area contributed by atoms with Crippen molar-refractivity contribution in [3.05, 3.63) is 72.9 Å². The highest BCUT2D eigenvalue weighted by Gasteiger charge is 2.14. The van der Waals surface area contributed by atoms with Crippen molar-refractivity contribution >= 4 is 17.8 Å². The van der Waals surface area contributed by atoms with Crippen LogP contribution in [0, 0.1) is 0 Å². The Morgan fingerprint density at radius 2 is 0.907 bits per heavy atom. The summed E-state index contributed by atoms with van der Waals surface area (Å²) in [6.07, 6.45) is 57.3. The molecule has 0 aromatic carbocycles. The summed E-state index contributed by atoms with van der Waals surface area (Å²) in [4.78, 5) is 35.1. The second-order valence-electron chi connectivity index (χ2n) is 14.6. The van der Waals surface area contributed by atoms with Gasteiger partial charge in [-0.25, -0.2) is 0 Å². The van der Waals surface area contributed by atoms with Crippen LogP contribution in [0.2, 0.25) is 0 Å². The standard InChI is InChI=1S/C48H81NO5/c1-3-5-7-9-11-13-15-17-19-20-22-24-26-28-30-35-39-43-48(53)54-45(41-37-33-31-34-38-42-46(50)49-44-47(51)52)40-36-32-29-27-25-23-21-18-16-14-12-10-8-6-4-2/h5,7,11,13,16-19,22-25,45H,3-4,6,8-10,12,14-15,20-21,26-44H2,1-2H3,(H,49,50)(H,51,52)/b7-5-,13-11-,18-16-,19-17-,24-22-,25-23-. The Morgan fingerprint density at radius 3 is 1.41 bits per heavy atom. The minimum absolute atomic E-state index is 0.0138. The van der Waals surface area contributed by atoms with Crippen molar-refractivity contribution < 1.29 is 24.2 Å². The number of carboxylic acid groups (broad SMARTS) is 1. The molecule has 0 saturated carbocycles. The predicted molar refractivity (Wildman–Crippen MR) is 231 cm³/mol. The van der Waals surface area contributed by atoms with Crippen molar-refractivity contribution in [2.45, 2.75) is 206 Å². The topological polar surface area (TPSA) is 92.7 Å². The molecule has 2 N–H and O–H groups in total. The number of carboxylic acids is 1. The fraction of sp³-hybridized carbons (Fsp3) is 0.688. The third-order valence-electron chi connectivity index (χ3n) is 9.36. The molecule has 0 radical (unpaired) electrons. The maximum Gasteiger partial charge on any atom is 0.322 e. The molecule has 1 atom stereocenters. The van der Waals surface area contributed by atoms with Crippen LogP contribution in [0.4, 0.5) is 0 Å². The van der Waals surface area contributed by atoms with Crippen LogP contribution in [0.5, 0.6) is 0 Å². The number of ether oxygens (including phenoxy) is 1. The molecule has 1 unspecified atom stereocenters. The zero-order chi connectivity index (χ0) is 39.4. The third kappa shape index (κ3) is 41.6. The van der Waals surface area contributed by atoms with E-state index in [1.54, 1.807) is 0 Å². The van der Waals surface area contributed by atoms with Crippen LogP contribution in [0.1, 0.15) is 200 Å². The monoisotopic (exact) mass is 752 g/mol. The summed E-state index contributed by atoms with van der Waals surface area (Å²) < 4.78 is 6.02. The van der Waals surface area contributed by atoms with Gasteiger partial charge in [0, 0.05) is 12.8 Å². The van der Waals surface area contributed by atoms with Crippen LogP contribution in [-0.4, -0.2) is 35.6 Å². The number of unbranched alkanes of at least 4 members (excludes halogenated alkanes) is 16. The molecule has 0 aromatic rings. The smallest absolute Gasteiger partial charge is 0.322 e. The molecule has 6 nitrogen and oxygen atoms in total. The number of esters is 1. The van der Waals surface area contributed by atoms with Crippen LogP contribution >= 0.6 is 0 Å². The Hall–Kier alpha value is -3.15. The molecule has 0 aliphatic rings. The van der Waals surface area contributed by atoms with Gasteiger partial charge in [-0.3, -0.25) is 14.4 Å². The largest absolute Gasteiger partial charge is 0.480 e. The summed E-state index contributed by atoms with van der Waals surface area (Å²) in [5.41, 5.74) is 0. The molecule has 6 heteroatoms. The highest BCUT2D eigenvalue weighted by atomic mass is 16.5. The van der Waals surface area contributed by atoms with E-state index in [0.717, 1.165) is 128 Å². The summed E-state index contributed by atoms with van der Waals surface area (Å²) >= 11 is 0. The zero-order valence-electron chi connectivity index (χ0n) is 34.8. The van der Waals surface area contributed by atoms with Gasteiger partial charge in [0.25, 0.3) is 0 Å². The molecule has 54 heavy (non-hydrogen) atoms. The molecule has 0 aromatic heterocycles. The first-order valence-corrected chi connectivity index (χ1v) is 22.1. The number of hydrogen-bond acceptors (Lipinski definition) is 4. The first-order valence-electron chi connectivity index (χ1n) is 22.1. The average Bonchev–Trinajstić information content (AvgIpc) is 3.16. The molecular weight excluding hydrogens is 671 g/mol. The van der Waals surface area contributed by atoms with E-state index in [1.807, 2.05) is 0 Å². The maximum absolute atomic E-state index is 12.8. The van der Waals surface area contributed by atoms with Gasteiger partial charge in [0.15, 0.2) is 0 Å². The van der Waals surface area contributed by atoms with E-state index in [9.17, 15) is 14.4 Å². The van der Waals surface area contributed by atoms with Gasteiger partial charge in [-0.15, -0.1) is 0 Å². The number of rotatable bonds is 39. The van der Waals surface area contributed by atoms with Gasteiger partial charge >= 0.3 is 11.9 Å². The van der Waals surface area contributed by atoms with Crippen molar-refractivity contribution in [3.63, 3.8) is 0 Å². The van der Waals surface area contributed by atoms with Crippen molar-refractivity contribution in [2.75, 3.05) is 6.54 Å². The number of carbonyl (C=O) groups excluding carboxylic acids is 2. The quantitative estimate of drug-likeness (QED) is 0.0371. The van der Waals surface area contributed by atoms with E-state index in [1.165, 1.54) is 44.9 Å². The molecule has 1 amide bonds. The van der Waals surface area contributed by atoms with Gasteiger partial charge in [-0.2, -0.15) is 0 Å². The number of carbonyl (C=O) groups is 3. The van der Waals surface area contributed by atoms with Gasteiger partial charge in [-0.1, -0.05) is 151 Å². The minimum Gasteiger partial charge on any atom is -0.480 e. The molecule has 0 spiro atoms. The molecule has 0 aliphatic heterocycles. The Morgan fingerprint density at radius 1 is 0.500 bits per heavy atom. The fourth-order valence-corrected chi connectivity index (χ4v) is 6.12. The van der Waals surface area contributed by atoms with Crippen LogP contribution in [0.3, 0.4) is 0 Å². The third-order valence-corrected chi connectivity index (χ3v) is 9.36. The van der Waals surface area contributed by atoms with Crippen molar-refractivity contribution in [3.8, 4) is 0 Å². The van der Waals surface area contributed by atoms with E-state index in [2.05, 4.69) is 92.1 Å². The molecule has 0 bridgehead atoms. The van der Waals surface area contributed by atoms with E-state index in [4.69, 9.17) is 9.84 Å². The Bertz CT molecular complexity index is 1050. The van der Waals surface area contributed by atoms with Crippen molar-refractivity contribution in [1.29, 1.82) is 0 Å². The Labute approximate surface area is 332 Å². The van der Waals surface area contributed by atoms with Crippen LogP contribution < -0.4 is 5.32 Å². The summed E-state index contributed by atoms with van der Waals surface area (Å²) in [5, 5.41) is 11.1. The number of amides is 1. The molecular formula is C48H81NO5. The maximum atomic E-state index is 12.8. The lowest BCUT2D eigenvalue weighted by Crippen LogP contribution is -2.28. The lowest BCUT2D eigenvalue weighted by Gasteiger charge is -2.18. The highest BCUT2D eigenvalue weighted by Crippen LogP contribution is 2.18. The van der Waals surface area contributed by atoms with Gasteiger partial charge in [0.2, 0.25) is 5.91 Å². The number of hydrogen-bond donors (Lipinski definition) is 2. The normalized spacial score (nSPS) is 12.8. The number of allylic oxidation sites excluding steroid dienone is 12. The molecule has 0 rings (SSSR count). The second-order valence-corrected chi connectivity index (χ2v) is 14.6. The van der Waals surface area contributed by atoms with Crippen LogP contribution in [-0.2, 0) is 19.1 Å². The van der Waals surface area contributed by atoms with E-state index in [0.29, 0.717) is 12.8 Å². The van der Waals surface area contributed by atoms with Gasteiger partial charge < -0.3 is 15.2 Å². The SMILES string of the molecule is CC/C=C\C/C=C\C/C=C\C/C=C\CCCCCCC(=O)OC(CCCCC/C=C\C/C=C\CCCCCCC)CCCCCCCC(=O)NCC(=O)O. The van der Waals surface area contributed by atoms with Crippen molar-refractivity contribution in [1.82, 2.24) is 5.32 Å². The Kier molecular flexibility index (Phi) is 40.1. The van der Waals surface area contributed by atoms with Crippen LogP contribution in [0.25, 0.3) is 0 Å². The predicted octanol–water partition coefficient (Wildman–Crippen LogP) is 13.8. The van der Waals surface area contributed by atoms with Gasteiger partial charge in [-0.05, 0) is 109 Å². The molecule has 0 aliphatic carbocycles. The van der Waals surface area contributed by atoms with E-state index in [-0.39, 0.29) is 24.5 Å². The number of aliphatic carboxylic acids is 1. The molecule has 0 saturated heterocycles. The first-order chi connectivity index (χ1) is 26.5. The summed E-state index contributed by atoms with van der Waals surface area (Å²) in [6.45, 7) is 4.09.